The van der Waals surface area contributed by atoms with Gasteiger partial charge >= 0.3 is 0 Å². The minimum absolute atomic E-state index is 0.0525. The van der Waals surface area contributed by atoms with Crippen molar-refractivity contribution < 1.29 is 4.52 Å². The van der Waals surface area contributed by atoms with Crippen LogP contribution in [0.4, 0.5) is 0 Å². The van der Waals surface area contributed by atoms with Gasteiger partial charge in [0.15, 0.2) is 12.4 Å². The van der Waals surface area contributed by atoms with Crippen LogP contribution < -0.4 is 0 Å². The molecule has 0 bridgehead atoms. The van der Waals surface area contributed by atoms with Crippen molar-refractivity contribution in [2.45, 2.75) is 32.7 Å². The Kier molecular flexibility index (Phi) is 2.21. The molecule has 0 radical (unpaired) electrons. The van der Waals surface area contributed by atoms with E-state index in [-0.39, 0.29) is 17.9 Å². The molecule has 5 nitrogen and oxygen atoms in total. The number of hydrogen-bond acceptors (Lipinski definition) is 5. The van der Waals surface area contributed by atoms with Gasteiger partial charge in [0.2, 0.25) is 0 Å². The van der Waals surface area contributed by atoms with Crippen molar-refractivity contribution in [3.63, 3.8) is 0 Å². The summed E-state index contributed by atoms with van der Waals surface area (Å²) in [5.41, 5.74) is -0.148. The van der Waals surface area contributed by atoms with Gasteiger partial charge in [0.05, 0.1) is 0 Å². The van der Waals surface area contributed by atoms with Gasteiger partial charge in [-0.2, -0.15) is 9.89 Å². The fraction of sp³-hybridized carbons (Fsp3) is 0.714. The molecule has 1 aromatic heterocycles. The largest absolute Gasteiger partial charge is 0.337 e. The van der Waals surface area contributed by atoms with Crippen LogP contribution in [0.3, 0.4) is 0 Å². The number of nitrogens with zero attached hydrogens (tertiary/aromatic N) is 3. The van der Waals surface area contributed by atoms with Crippen LogP contribution in [0.15, 0.2) is 9.70 Å². The zero-order chi connectivity index (χ0) is 9.19. The summed E-state index contributed by atoms with van der Waals surface area (Å²) < 4.78 is 4.78. The Morgan fingerprint density at radius 1 is 1.50 bits per heavy atom. The Balaban J connectivity index is 2.84. The topological polar surface area (TPSA) is 68.3 Å². The molecular formula is C7H11N3O2. The van der Waals surface area contributed by atoms with Gasteiger partial charge in [0.25, 0.3) is 5.89 Å². The maximum absolute atomic E-state index is 9.86. The van der Waals surface area contributed by atoms with Crippen LogP contribution in [-0.4, -0.2) is 10.1 Å². The molecule has 1 aromatic rings. The smallest absolute Gasteiger partial charge is 0.251 e. The van der Waals surface area contributed by atoms with E-state index >= 15 is 0 Å². The number of hydrogen-bond donors (Lipinski definition) is 0. The Bertz CT molecular complexity index is 274. The van der Waals surface area contributed by atoms with Gasteiger partial charge in [-0.05, 0) is 0 Å². The second-order valence-corrected chi connectivity index (χ2v) is 3.55. The molecule has 0 spiro atoms. The van der Waals surface area contributed by atoms with Gasteiger partial charge in [-0.3, -0.25) is 0 Å². The molecule has 0 atom stereocenters. The van der Waals surface area contributed by atoms with Crippen molar-refractivity contribution in [2.24, 2.45) is 5.18 Å². The molecule has 0 aliphatic carbocycles. The van der Waals surface area contributed by atoms with E-state index in [1.165, 1.54) is 0 Å². The molecule has 0 aliphatic rings. The van der Waals surface area contributed by atoms with Gasteiger partial charge in [-0.25, -0.2) is 0 Å². The van der Waals surface area contributed by atoms with Gasteiger partial charge < -0.3 is 4.52 Å². The molecule has 1 heterocycles. The highest BCUT2D eigenvalue weighted by molar-refractivity contribution is 4.99. The second kappa shape index (κ2) is 3.00. The Morgan fingerprint density at radius 3 is 2.58 bits per heavy atom. The quantitative estimate of drug-likeness (QED) is 0.631. The summed E-state index contributed by atoms with van der Waals surface area (Å²) in [6.45, 7) is 5.85. The summed E-state index contributed by atoms with van der Waals surface area (Å²) in [7, 11) is 0. The van der Waals surface area contributed by atoms with Crippen LogP contribution in [0, 0.1) is 4.91 Å². The molecule has 0 saturated heterocycles. The maximum atomic E-state index is 9.86. The Hall–Kier alpha value is -1.26. The SMILES string of the molecule is CC(C)(C)c1noc(CN=O)n1. The van der Waals surface area contributed by atoms with E-state index in [4.69, 9.17) is 4.52 Å². The molecule has 0 N–H and O–H groups in total. The molecule has 0 aromatic carbocycles. The highest BCUT2D eigenvalue weighted by atomic mass is 16.5. The average Bonchev–Trinajstić information content (AvgIpc) is 2.35. The van der Waals surface area contributed by atoms with E-state index in [9.17, 15) is 4.91 Å². The summed E-state index contributed by atoms with van der Waals surface area (Å²) in [4.78, 5) is 13.9. The molecule has 1 rings (SSSR count). The van der Waals surface area contributed by atoms with E-state index in [0.29, 0.717) is 5.82 Å². The predicted molar refractivity (Wildman–Crippen MR) is 42.5 cm³/mol. The predicted octanol–water partition coefficient (Wildman–Crippen LogP) is 1.63. The molecule has 0 amide bonds. The van der Waals surface area contributed by atoms with Crippen LogP contribution in [-0.2, 0) is 12.0 Å². The van der Waals surface area contributed by atoms with E-state index < -0.39 is 0 Å². The Morgan fingerprint density at radius 2 is 2.17 bits per heavy atom. The first kappa shape index (κ1) is 8.83. The van der Waals surface area contributed by atoms with Crippen LogP contribution in [0.25, 0.3) is 0 Å². The second-order valence-electron chi connectivity index (χ2n) is 3.55. The number of rotatable bonds is 2. The number of aromatic nitrogens is 2. The first-order chi connectivity index (χ1) is 5.54. The lowest BCUT2D eigenvalue weighted by atomic mass is 9.96. The average molecular weight is 169 g/mol. The minimum atomic E-state index is -0.148. The minimum Gasteiger partial charge on any atom is -0.337 e. The van der Waals surface area contributed by atoms with Crippen molar-refractivity contribution in [1.82, 2.24) is 10.1 Å². The monoisotopic (exact) mass is 169 g/mol. The number of nitroso groups, excluding NO2 is 1. The molecule has 66 valence electrons. The summed E-state index contributed by atoms with van der Waals surface area (Å²) in [5, 5.41) is 6.38. The van der Waals surface area contributed by atoms with Crippen LogP contribution in [0.5, 0.6) is 0 Å². The molecule has 0 fully saturated rings. The van der Waals surface area contributed by atoms with Gasteiger partial charge in [0, 0.05) is 5.41 Å². The van der Waals surface area contributed by atoms with E-state index in [2.05, 4.69) is 15.3 Å². The first-order valence-electron chi connectivity index (χ1n) is 3.66. The fourth-order valence-corrected chi connectivity index (χ4v) is 0.679. The highest BCUT2D eigenvalue weighted by Gasteiger charge is 2.20. The molecular weight excluding hydrogens is 158 g/mol. The maximum Gasteiger partial charge on any atom is 0.251 e. The summed E-state index contributed by atoms with van der Waals surface area (Å²) >= 11 is 0. The van der Waals surface area contributed by atoms with E-state index in [1.807, 2.05) is 20.8 Å². The van der Waals surface area contributed by atoms with Crippen molar-refractivity contribution in [3.8, 4) is 0 Å². The van der Waals surface area contributed by atoms with Crippen molar-refractivity contribution in [2.75, 3.05) is 0 Å². The van der Waals surface area contributed by atoms with E-state index in [0.717, 1.165) is 0 Å². The van der Waals surface area contributed by atoms with Gasteiger partial charge in [-0.15, -0.1) is 0 Å². The Labute approximate surface area is 70.1 Å². The molecule has 5 heteroatoms. The molecule has 0 saturated carbocycles. The molecule has 0 unspecified atom stereocenters. The summed E-state index contributed by atoms with van der Waals surface area (Å²) in [6.07, 6.45) is 0. The van der Waals surface area contributed by atoms with Gasteiger partial charge in [-0.1, -0.05) is 31.1 Å². The lowest BCUT2D eigenvalue weighted by molar-refractivity contribution is 0.364. The van der Waals surface area contributed by atoms with Crippen molar-refractivity contribution in [1.29, 1.82) is 0 Å². The van der Waals surface area contributed by atoms with Crippen LogP contribution >= 0.6 is 0 Å². The van der Waals surface area contributed by atoms with Crippen molar-refractivity contribution in [3.05, 3.63) is 16.6 Å². The third-order valence-corrected chi connectivity index (χ3v) is 1.34. The third-order valence-electron chi connectivity index (χ3n) is 1.34. The summed E-state index contributed by atoms with van der Waals surface area (Å²) in [6, 6.07) is 0. The fourth-order valence-electron chi connectivity index (χ4n) is 0.679. The first-order valence-corrected chi connectivity index (χ1v) is 3.66. The van der Waals surface area contributed by atoms with Crippen LogP contribution in [0.2, 0.25) is 0 Å². The highest BCUT2D eigenvalue weighted by Crippen LogP contribution is 2.18. The molecule has 12 heavy (non-hydrogen) atoms. The lowest BCUT2D eigenvalue weighted by Crippen LogP contribution is -2.13. The normalized spacial score (nSPS) is 11.6. The summed E-state index contributed by atoms with van der Waals surface area (Å²) in [5.74, 6) is 0.871. The molecule has 0 aliphatic heterocycles. The lowest BCUT2D eigenvalue weighted by Gasteiger charge is -2.10. The van der Waals surface area contributed by atoms with E-state index in [1.54, 1.807) is 0 Å². The van der Waals surface area contributed by atoms with Crippen molar-refractivity contribution >= 4 is 0 Å². The standard InChI is InChI=1S/C7H11N3O2/c1-7(2,3)6-9-5(4-8-11)12-10-6/h4H2,1-3H3. The zero-order valence-electron chi connectivity index (χ0n) is 7.37. The third kappa shape index (κ3) is 1.87. The van der Waals surface area contributed by atoms with Crippen LogP contribution in [0.1, 0.15) is 32.5 Å². The van der Waals surface area contributed by atoms with Gasteiger partial charge in [0.1, 0.15) is 0 Å². The zero-order valence-corrected chi connectivity index (χ0v) is 7.37.